The van der Waals surface area contributed by atoms with Gasteiger partial charge in [0.05, 0.1) is 6.61 Å². The smallest absolute Gasteiger partial charge is 0.185 e. The lowest BCUT2D eigenvalue weighted by Crippen LogP contribution is -1.99. The number of carbonyl (C=O) groups excluding carboxylic acids is 1. The number of ether oxygens (including phenoxy) is 1. The lowest BCUT2D eigenvalue weighted by Gasteiger charge is -2.14. The van der Waals surface area contributed by atoms with Crippen molar-refractivity contribution in [1.29, 1.82) is 0 Å². The molecule has 0 atom stereocenters. The van der Waals surface area contributed by atoms with Gasteiger partial charge in [0.15, 0.2) is 5.78 Å². The zero-order valence-corrected chi connectivity index (χ0v) is 13.5. The first-order valence-corrected chi connectivity index (χ1v) is 7.41. The molecule has 0 radical (unpaired) electrons. The predicted molar refractivity (Wildman–Crippen MR) is 90.2 cm³/mol. The molecule has 23 heavy (non-hydrogen) atoms. The lowest BCUT2D eigenvalue weighted by atomic mass is 10.0. The first-order valence-electron chi connectivity index (χ1n) is 7.41. The average molecular weight is 312 g/mol. The summed E-state index contributed by atoms with van der Waals surface area (Å²) in [5, 5.41) is 19.3. The monoisotopic (exact) mass is 312 g/mol. The van der Waals surface area contributed by atoms with Crippen molar-refractivity contribution < 1.29 is 19.7 Å². The summed E-state index contributed by atoms with van der Waals surface area (Å²) in [6.07, 6.45) is 3.14. The number of hydrogen-bond acceptors (Lipinski definition) is 4. The molecule has 4 heteroatoms. The third kappa shape index (κ3) is 3.72. The highest BCUT2D eigenvalue weighted by atomic mass is 16.5. The summed E-state index contributed by atoms with van der Waals surface area (Å²) in [5.74, 6) is 0.727. The Hall–Kier alpha value is -2.75. The van der Waals surface area contributed by atoms with Crippen LogP contribution in [0.15, 0.2) is 36.4 Å². The Kier molecular flexibility index (Phi) is 5.06. The minimum atomic E-state index is -0.171. The Balaban J connectivity index is 2.35. The van der Waals surface area contributed by atoms with E-state index in [0.29, 0.717) is 23.5 Å². The molecule has 2 aromatic rings. The second-order valence-corrected chi connectivity index (χ2v) is 5.26. The lowest BCUT2D eigenvalue weighted by molar-refractivity contribution is 0.104. The van der Waals surface area contributed by atoms with Crippen molar-refractivity contribution >= 4 is 11.9 Å². The van der Waals surface area contributed by atoms with E-state index in [2.05, 4.69) is 0 Å². The molecule has 0 aliphatic carbocycles. The van der Waals surface area contributed by atoms with Crippen molar-refractivity contribution in [2.24, 2.45) is 0 Å². The normalized spacial score (nSPS) is 10.9. The zero-order chi connectivity index (χ0) is 17.0. The van der Waals surface area contributed by atoms with E-state index in [-0.39, 0.29) is 17.3 Å². The Morgan fingerprint density at radius 1 is 1.17 bits per heavy atom. The molecular weight excluding hydrogens is 292 g/mol. The Morgan fingerprint density at radius 2 is 1.83 bits per heavy atom. The highest BCUT2D eigenvalue weighted by Gasteiger charge is 2.12. The van der Waals surface area contributed by atoms with Crippen LogP contribution in [0.25, 0.3) is 6.08 Å². The fourth-order valence-electron chi connectivity index (χ4n) is 2.33. The Labute approximate surface area is 135 Å². The molecule has 0 unspecified atom stereocenters. The Bertz CT molecular complexity index is 743. The molecule has 0 aliphatic heterocycles. The summed E-state index contributed by atoms with van der Waals surface area (Å²) < 4.78 is 5.60. The molecule has 0 spiro atoms. The summed E-state index contributed by atoms with van der Waals surface area (Å²) >= 11 is 0. The molecule has 0 fully saturated rings. The van der Waals surface area contributed by atoms with Crippen molar-refractivity contribution in [1.82, 2.24) is 0 Å². The van der Waals surface area contributed by atoms with Crippen molar-refractivity contribution in [3.8, 4) is 17.2 Å². The molecular formula is C19H20O4. The maximum atomic E-state index is 12.2. The van der Waals surface area contributed by atoms with Crippen LogP contribution in [-0.4, -0.2) is 22.6 Å². The second-order valence-electron chi connectivity index (χ2n) is 5.26. The number of benzene rings is 2. The molecule has 120 valence electrons. The minimum absolute atomic E-state index is 0.119. The Morgan fingerprint density at radius 3 is 2.43 bits per heavy atom. The highest BCUT2D eigenvalue weighted by Crippen LogP contribution is 2.34. The van der Waals surface area contributed by atoms with Crippen molar-refractivity contribution in [3.63, 3.8) is 0 Å². The maximum absolute atomic E-state index is 12.2. The second kappa shape index (κ2) is 7.01. The fraction of sp³-hybridized carbons (Fsp3) is 0.211. The van der Waals surface area contributed by atoms with Crippen LogP contribution in [0, 0.1) is 13.8 Å². The van der Waals surface area contributed by atoms with E-state index in [4.69, 9.17) is 4.74 Å². The molecule has 0 saturated carbocycles. The molecule has 0 saturated heterocycles. The number of allylic oxidation sites excluding steroid dienone is 1. The minimum Gasteiger partial charge on any atom is -0.508 e. The van der Waals surface area contributed by atoms with Gasteiger partial charge in [-0.2, -0.15) is 0 Å². The van der Waals surface area contributed by atoms with Gasteiger partial charge in [-0.25, -0.2) is 0 Å². The van der Waals surface area contributed by atoms with Crippen LogP contribution in [0.4, 0.5) is 0 Å². The zero-order valence-electron chi connectivity index (χ0n) is 13.5. The number of ketones is 1. The molecule has 2 aromatic carbocycles. The molecule has 0 heterocycles. The third-order valence-electron chi connectivity index (χ3n) is 3.56. The van der Waals surface area contributed by atoms with E-state index < -0.39 is 0 Å². The van der Waals surface area contributed by atoms with E-state index in [0.717, 1.165) is 11.1 Å². The molecule has 2 N–H and O–H groups in total. The van der Waals surface area contributed by atoms with Crippen LogP contribution in [0.1, 0.15) is 34.0 Å². The van der Waals surface area contributed by atoms with Gasteiger partial charge in [0.1, 0.15) is 17.2 Å². The average Bonchev–Trinajstić information content (AvgIpc) is 2.54. The quantitative estimate of drug-likeness (QED) is 0.646. The number of hydrogen-bond donors (Lipinski definition) is 2. The third-order valence-corrected chi connectivity index (χ3v) is 3.56. The largest absolute Gasteiger partial charge is 0.508 e. The topological polar surface area (TPSA) is 66.8 Å². The van der Waals surface area contributed by atoms with Gasteiger partial charge in [0, 0.05) is 16.7 Å². The summed E-state index contributed by atoms with van der Waals surface area (Å²) in [4.78, 5) is 12.2. The summed E-state index contributed by atoms with van der Waals surface area (Å²) in [5.41, 5.74) is 2.61. The van der Waals surface area contributed by atoms with Crippen molar-refractivity contribution in [3.05, 3.63) is 58.7 Å². The van der Waals surface area contributed by atoms with Gasteiger partial charge in [-0.1, -0.05) is 0 Å². The summed E-state index contributed by atoms with van der Waals surface area (Å²) in [6, 6.07) is 7.87. The molecule has 0 amide bonds. The first-order chi connectivity index (χ1) is 10.9. The van der Waals surface area contributed by atoms with E-state index >= 15 is 0 Å². The predicted octanol–water partition coefficient (Wildman–Crippen LogP) is 4.01. The van der Waals surface area contributed by atoms with Crippen molar-refractivity contribution in [2.75, 3.05) is 6.61 Å². The van der Waals surface area contributed by atoms with E-state index in [1.807, 2.05) is 6.92 Å². The summed E-state index contributed by atoms with van der Waals surface area (Å²) in [6.45, 7) is 5.92. The van der Waals surface area contributed by atoms with Gasteiger partial charge in [0.2, 0.25) is 0 Å². The van der Waals surface area contributed by atoms with Gasteiger partial charge in [-0.05, 0) is 68.8 Å². The van der Waals surface area contributed by atoms with Gasteiger partial charge in [-0.15, -0.1) is 0 Å². The fourth-order valence-corrected chi connectivity index (χ4v) is 2.33. The number of aryl methyl sites for hydroxylation is 1. The van der Waals surface area contributed by atoms with Crippen LogP contribution in [0.2, 0.25) is 0 Å². The molecule has 4 nitrogen and oxygen atoms in total. The standard InChI is InChI=1S/C19H20O4/c1-4-23-19-13(3)18(22)12(2)11-15(19)7-10-17(21)14-5-8-16(20)9-6-14/h5-11,20,22H,4H2,1-3H3. The van der Waals surface area contributed by atoms with Crippen LogP contribution >= 0.6 is 0 Å². The van der Waals surface area contributed by atoms with Crippen LogP contribution in [0.3, 0.4) is 0 Å². The van der Waals surface area contributed by atoms with Gasteiger partial charge < -0.3 is 14.9 Å². The highest BCUT2D eigenvalue weighted by molar-refractivity contribution is 6.07. The van der Waals surface area contributed by atoms with E-state index in [1.54, 1.807) is 38.1 Å². The van der Waals surface area contributed by atoms with Gasteiger partial charge in [0.25, 0.3) is 0 Å². The SMILES string of the molecule is CCOc1c(C=CC(=O)c2ccc(O)cc2)cc(C)c(O)c1C. The van der Waals surface area contributed by atoms with Crippen LogP contribution in [0.5, 0.6) is 17.2 Å². The molecule has 0 aliphatic rings. The number of aromatic hydroxyl groups is 2. The van der Waals surface area contributed by atoms with Crippen LogP contribution < -0.4 is 4.74 Å². The van der Waals surface area contributed by atoms with E-state index in [9.17, 15) is 15.0 Å². The van der Waals surface area contributed by atoms with Gasteiger partial charge >= 0.3 is 0 Å². The molecule has 0 bridgehead atoms. The van der Waals surface area contributed by atoms with Crippen molar-refractivity contribution in [2.45, 2.75) is 20.8 Å². The molecule has 2 rings (SSSR count). The number of phenols is 2. The van der Waals surface area contributed by atoms with Crippen LogP contribution in [-0.2, 0) is 0 Å². The number of rotatable bonds is 5. The van der Waals surface area contributed by atoms with Gasteiger partial charge in [-0.3, -0.25) is 4.79 Å². The van der Waals surface area contributed by atoms with E-state index in [1.165, 1.54) is 18.2 Å². The first kappa shape index (κ1) is 16.6. The number of carbonyl (C=O) groups is 1. The summed E-state index contributed by atoms with van der Waals surface area (Å²) in [7, 11) is 0. The number of phenolic OH excluding ortho intramolecular Hbond substituents is 2. The molecule has 0 aromatic heterocycles. The maximum Gasteiger partial charge on any atom is 0.185 e.